The number of aromatic amines is 1. The summed E-state index contributed by atoms with van der Waals surface area (Å²) in [6, 6.07) is 5.63. The second-order valence-electron chi connectivity index (χ2n) is 6.34. The normalized spacial score (nSPS) is 15.5. The molecule has 2 heterocycles. The third-order valence-electron chi connectivity index (χ3n) is 4.57. The third kappa shape index (κ3) is 3.55. The fourth-order valence-corrected chi connectivity index (χ4v) is 3.16. The van der Waals surface area contributed by atoms with E-state index < -0.39 is 6.04 Å². The van der Waals surface area contributed by atoms with Crippen molar-refractivity contribution in [1.29, 1.82) is 0 Å². The monoisotopic (exact) mass is 344 g/mol. The molecule has 1 aliphatic heterocycles. The molecule has 0 unspecified atom stereocenters. The van der Waals surface area contributed by atoms with Gasteiger partial charge in [0.1, 0.15) is 11.9 Å². The van der Waals surface area contributed by atoms with E-state index in [1.807, 2.05) is 0 Å². The van der Waals surface area contributed by atoms with Crippen molar-refractivity contribution >= 4 is 11.8 Å². The number of nitrogens with one attached hydrogen (secondary N) is 1. The van der Waals surface area contributed by atoms with Gasteiger partial charge in [-0.05, 0) is 37.6 Å². The molecule has 1 atom stereocenters. The third-order valence-corrected chi connectivity index (χ3v) is 4.57. The maximum atomic E-state index is 13.1. The van der Waals surface area contributed by atoms with Crippen LogP contribution in [-0.4, -0.2) is 51.4 Å². The number of H-pyrrole nitrogens is 1. The number of likely N-dealkylation sites (tertiary alicyclic amines) is 1. The molecule has 25 heavy (non-hydrogen) atoms. The van der Waals surface area contributed by atoms with E-state index in [-0.39, 0.29) is 17.6 Å². The minimum Gasteiger partial charge on any atom is -0.340 e. The Morgan fingerprint density at radius 2 is 2.12 bits per heavy atom. The van der Waals surface area contributed by atoms with Crippen LogP contribution in [0.5, 0.6) is 0 Å². The molecule has 6 nitrogen and oxygen atoms in total. The average molecular weight is 344 g/mol. The Balaban J connectivity index is 1.72. The minimum atomic E-state index is -0.471. The Bertz CT molecular complexity index is 772. The smallest absolute Gasteiger partial charge is 0.245 e. The van der Waals surface area contributed by atoms with Crippen molar-refractivity contribution in [1.82, 2.24) is 20.0 Å². The van der Waals surface area contributed by atoms with Crippen LogP contribution in [0, 0.1) is 5.82 Å². The van der Waals surface area contributed by atoms with Crippen LogP contribution in [0.15, 0.2) is 30.5 Å². The number of likely N-dealkylation sites (N-methyl/N-ethyl adjacent to an activating group) is 1. The van der Waals surface area contributed by atoms with Crippen LogP contribution in [0.1, 0.15) is 25.3 Å². The molecule has 132 valence electrons. The van der Waals surface area contributed by atoms with E-state index in [1.165, 1.54) is 12.1 Å². The van der Waals surface area contributed by atoms with Crippen LogP contribution in [0.4, 0.5) is 4.39 Å². The van der Waals surface area contributed by atoms with Crippen molar-refractivity contribution < 1.29 is 14.0 Å². The highest BCUT2D eigenvalue weighted by atomic mass is 19.1. The van der Waals surface area contributed by atoms with E-state index in [1.54, 1.807) is 42.1 Å². The number of carbonyl (C=O) groups excluding carboxylic acids is 2. The van der Waals surface area contributed by atoms with Gasteiger partial charge in [-0.2, -0.15) is 5.10 Å². The number of hydrogen-bond acceptors (Lipinski definition) is 3. The lowest BCUT2D eigenvalue weighted by Gasteiger charge is -2.28. The standard InChI is InChI=1S/C18H21FN4O2/c1-12(23-9-3-4-16(23)24)18(25)22(2)11-14-10-20-21-17(14)13-5-7-15(19)8-6-13/h5-8,10,12H,3-4,9,11H2,1-2H3,(H,20,21)/t12-/m1/s1. The zero-order valence-corrected chi connectivity index (χ0v) is 14.3. The predicted molar refractivity (Wildman–Crippen MR) is 90.9 cm³/mol. The first kappa shape index (κ1) is 17.1. The maximum absolute atomic E-state index is 13.1. The molecule has 1 aliphatic rings. The van der Waals surface area contributed by atoms with Gasteiger partial charge in [0.05, 0.1) is 11.9 Å². The van der Waals surface area contributed by atoms with Crippen molar-refractivity contribution in [3.63, 3.8) is 0 Å². The Kier molecular flexibility index (Phi) is 4.83. The number of benzene rings is 1. The Hall–Kier alpha value is -2.70. The molecule has 3 rings (SSSR count). The number of hydrogen-bond donors (Lipinski definition) is 1. The van der Waals surface area contributed by atoms with Gasteiger partial charge in [-0.1, -0.05) is 0 Å². The van der Waals surface area contributed by atoms with Crippen LogP contribution in [0.2, 0.25) is 0 Å². The van der Waals surface area contributed by atoms with Gasteiger partial charge in [0, 0.05) is 37.7 Å². The van der Waals surface area contributed by atoms with Gasteiger partial charge in [0.2, 0.25) is 11.8 Å². The quantitative estimate of drug-likeness (QED) is 0.904. The highest BCUT2D eigenvalue weighted by molar-refractivity contribution is 5.88. The summed E-state index contributed by atoms with van der Waals surface area (Å²) in [7, 11) is 1.71. The molecule has 0 aliphatic carbocycles. The molecule has 0 saturated carbocycles. The van der Waals surface area contributed by atoms with E-state index in [4.69, 9.17) is 0 Å². The summed E-state index contributed by atoms with van der Waals surface area (Å²) in [6.45, 7) is 2.75. The first-order chi connectivity index (χ1) is 12.0. The highest BCUT2D eigenvalue weighted by Crippen LogP contribution is 2.23. The predicted octanol–water partition coefficient (Wildman–Crippen LogP) is 2.19. The minimum absolute atomic E-state index is 0.0320. The van der Waals surface area contributed by atoms with Crippen LogP contribution < -0.4 is 0 Å². The molecular weight excluding hydrogens is 323 g/mol. The topological polar surface area (TPSA) is 69.3 Å². The van der Waals surface area contributed by atoms with Crippen molar-refractivity contribution in [2.24, 2.45) is 0 Å². The molecule has 0 radical (unpaired) electrons. The van der Waals surface area contributed by atoms with E-state index in [9.17, 15) is 14.0 Å². The molecule has 1 saturated heterocycles. The van der Waals surface area contributed by atoms with E-state index in [2.05, 4.69) is 10.2 Å². The van der Waals surface area contributed by atoms with Gasteiger partial charge in [-0.3, -0.25) is 14.7 Å². The van der Waals surface area contributed by atoms with Crippen LogP contribution >= 0.6 is 0 Å². The van der Waals surface area contributed by atoms with E-state index in [0.29, 0.717) is 19.5 Å². The summed E-state index contributed by atoms with van der Waals surface area (Å²) < 4.78 is 13.1. The number of nitrogens with zero attached hydrogens (tertiary/aromatic N) is 3. The highest BCUT2D eigenvalue weighted by Gasteiger charge is 2.31. The maximum Gasteiger partial charge on any atom is 0.245 e. The van der Waals surface area contributed by atoms with Gasteiger partial charge in [-0.25, -0.2) is 4.39 Å². The summed E-state index contributed by atoms with van der Waals surface area (Å²) in [5.41, 5.74) is 2.39. The second-order valence-corrected chi connectivity index (χ2v) is 6.34. The molecule has 1 N–H and O–H groups in total. The first-order valence-electron chi connectivity index (χ1n) is 8.30. The van der Waals surface area contributed by atoms with E-state index >= 15 is 0 Å². The summed E-state index contributed by atoms with van der Waals surface area (Å²) in [6.07, 6.45) is 2.97. The molecule has 1 fully saturated rings. The zero-order valence-electron chi connectivity index (χ0n) is 14.3. The Labute approximate surface area is 145 Å². The first-order valence-corrected chi connectivity index (χ1v) is 8.30. The van der Waals surface area contributed by atoms with Crippen LogP contribution in [0.25, 0.3) is 11.3 Å². The molecule has 7 heteroatoms. The number of rotatable bonds is 5. The largest absolute Gasteiger partial charge is 0.340 e. The molecule has 0 bridgehead atoms. The SMILES string of the molecule is C[C@H](C(=O)N(C)Cc1cn[nH]c1-c1ccc(F)cc1)N1CCCC1=O. The lowest BCUT2D eigenvalue weighted by molar-refractivity contribution is -0.142. The van der Waals surface area contributed by atoms with Gasteiger partial charge in [-0.15, -0.1) is 0 Å². The Morgan fingerprint density at radius 1 is 1.40 bits per heavy atom. The van der Waals surface area contributed by atoms with Crippen molar-refractivity contribution in [3.05, 3.63) is 41.8 Å². The zero-order chi connectivity index (χ0) is 18.0. The molecule has 0 spiro atoms. The Morgan fingerprint density at radius 3 is 2.76 bits per heavy atom. The number of halogens is 1. The molecule has 1 aromatic heterocycles. The lowest BCUT2D eigenvalue weighted by Crippen LogP contribution is -2.46. The number of carbonyl (C=O) groups is 2. The molecule has 1 aromatic carbocycles. The van der Waals surface area contributed by atoms with Gasteiger partial charge < -0.3 is 9.80 Å². The second kappa shape index (κ2) is 7.04. The van der Waals surface area contributed by atoms with Crippen LogP contribution in [-0.2, 0) is 16.1 Å². The average Bonchev–Trinajstić information content (AvgIpc) is 3.23. The fraction of sp³-hybridized carbons (Fsp3) is 0.389. The summed E-state index contributed by atoms with van der Waals surface area (Å²) in [4.78, 5) is 27.7. The molecule has 2 amide bonds. The van der Waals surface area contributed by atoms with Crippen molar-refractivity contribution in [2.45, 2.75) is 32.4 Å². The number of amides is 2. The lowest BCUT2D eigenvalue weighted by atomic mass is 10.1. The van der Waals surface area contributed by atoms with Crippen molar-refractivity contribution in [2.75, 3.05) is 13.6 Å². The van der Waals surface area contributed by atoms with E-state index in [0.717, 1.165) is 23.2 Å². The van der Waals surface area contributed by atoms with Crippen LogP contribution in [0.3, 0.4) is 0 Å². The molecular formula is C18H21FN4O2. The fourth-order valence-electron chi connectivity index (χ4n) is 3.16. The van der Waals surface area contributed by atoms with Crippen molar-refractivity contribution in [3.8, 4) is 11.3 Å². The van der Waals surface area contributed by atoms with Gasteiger partial charge in [0.25, 0.3) is 0 Å². The molecule has 2 aromatic rings. The number of aromatic nitrogens is 2. The van der Waals surface area contributed by atoms with Gasteiger partial charge >= 0.3 is 0 Å². The summed E-state index contributed by atoms with van der Waals surface area (Å²) >= 11 is 0. The summed E-state index contributed by atoms with van der Waals surface area (Å²) in [5.74, 6) is -0.382. The summed E-state index contributed by atoms with van der Waals surface area (Å²) in [5, 5.41) is 6.95. The van der Waals surface area contributed by atoms with Gasteiger partial charge in [0.15, 0.2) is 0 Å².